The number of aliphatic hydroxyl groups excluding tert-OH is 1. The number of benzene rings is 1. The molecular weight excluding hydrogens is 248 g/mol. The van der Waals surface area contributed by atoms with Crippen molar-refractivity contribution >= 4 is 11.8 Å². The van der Waals surface area contributed by atoms with Crippen molar-refractivity contribution in [3.63, 3.8) is 0 Å². The molecule has 4 heteroatoms. The molecule has 1 aromatic rings. The molecule has 1 aromatic carbocycles. The molecule has 0 radical (unpaired) electrons. The second kappa shape index (κ2) is 5.41. The van der Waals surface area contributed by atoms with E-state index in [1.165, 1.54) is 6.42 Å². The van der Waals surface area contributed by atoms with Gasteiger partial charge in [-0.05, 0) is 31.2 Å². The quantitative estimate of drug-likeness (QED) is 0.891. The summed E-state index contributed by atoms with van der Waals surface area (Å²) in [6, 6.07) is 5.59. The van der Waals surface area contributed by atoms with Crippen LogP contribution in [0, 0.1) is 0 Å². The lowest BCUT2D eigenvalue weighted by atomic mass is 9.77. The first-order valence-corrected chi connectivity index (χ1v) is 7.34. The second-order valence-corrected chi connectivity index (χ2v) is 5.85. The van der Waals surface area contributed by atoms with E-state index in [0.29, 0.717) is 5.75 Å². The molecule has 1 aliphatic carbocycles. The lowest BCUT2D eigenvalue weighted by molar-refractivity contribution is 0.0852. The third-order valence-electron chi connectivity index (χ3n) is 3.84. The zero-order valence-electron chi connectivity index (χ0n) is 11.1. The molecular formula is C14H20O3S. The van der Waals surface area contributed by atoms with Gasteiger partial charge in [-0.15, -0.1) is 0 Å². The molecule has 100 valence electrons. The minimum Gasteiger partial charge on any atom is -0.497 e. The van der Waals surface area contributed by atoms with E-state index < -0.39 is 6.10 Å². The maximum absolute atomic E-state index is 10.6. The molecule has 0 aromatic heterocycles. The molecule has 1 atom stereocenters. The Balaban J connectivity index is 2.32. The topological polar surface area (TPSA) is 38.7 Å². The zero-order chi connectivity index (χ0) is 13.2. The van der Waals surface area contributed by atoms with Crippen LogP contribution in [0.1, 0.15) is 30.9 Å². The first kappa shape index (κ1) is 13.6. The minimum atomic E-state index is -0.484. The van der Waals surface area contributed by atoms with Crippen molar-refractivity contribution in [2.75, 3.05) is 20.5 Å². The van der Waals surface area contributed by atoms with Gasteiger partial charge in [0, 0.05) is 16.4 Å². The van der Waals surface area contributed by atoms with Crippen molar-refractivity contribution in [1.82, 2.24) is 0 Å². The van der Waals surface area contributed by atoms with Crippen LogP contribution in [0.25, 0.3) is 0 Å². The van der Waals surface area contributed by atoms with Gasteiger partial charge in [0.1, 0.15) is 11.5 Å². The van der Waals surface area contributed by atoms with Gasteiger partial charge in [0.15, 0.2) is 0 Å². The van der Waals surface area contributed by atoms with Crippen LogP contribution in [0.5, 0.6) is 11.5 Å². The summed E-state index contributed by atoms with van der Waals surface area (Å²) in [5, 5.41) is 10.6. The average molecular weight is 268 g/mol. The van der Waals surface area contributed by atoms with Crippen molar-refractivity contribution < 1.29 is 14.6 Å². The monoisotopic (exact) mass is 268 g/mol. The molecule has 1 N–H and O–H groups in total. The lowest BCUT2D eigenvalue weighted by Gasteiger charge is -2.44. The van der Waals surface area contributed by atoms with E-state index in [1.807, 2.05) is 18.2 Å². The molecule has 2 rings (SSSR count). The predicted octanol–water partition coefficient (Wildman–Crippen LogP) is 3.02. The Morgan fingerprint density at radius 2 is 2.00 bits per heavy atom. The molecule has 1 unspecified atom stereocenters. The van der Waals surface area contributed by atoms with Gasteiger partial charge >= 0.3 is 0 Å². The smallest absolute Gasteiger partial charge is 0.128 e. The third-order valence-corrected chi connectivity index (χ3v) is 5.28. The number of aliphatic hydroxyl groups is 1. The van der Waals surface area contributed by atoms with Gasteiger partial charge in [0.25, 0.3) is 0 Å². The highest BCUT2D eigenvalue weighted by Gasteiger charge is 2.44. The summed E-state index contributed by atoms with van der Waals surface area (Å²) in [5.41, 5.74) is 0.854. The largest absolute Gasteiger partial charge is 0.497 e. The molecule has 1 saturated carbocycles. The highest BCUT2D eigenvalue weighted by Crippen LogP contribution is 2.52. The van der Waals surface area contributed by atoms with Gasteiger partial charge in [0.2, 0.25) is 0 Å². The van der Waals surface area contributed by atoms with Crippen LogP contribution in [0.4, 0.5) is 0 Å². The van der Waals surface area contributed by atoms with Crippen LogP contribution in [0.15, 0.2) is 18.2 Å². The van der Waals surface area contributed by atoms with Crippen molar-refractivity contribution in [2.45, 2.75) is 30.1 Å². The van der Waals surface area contributed by atoms with E-state index in [4.69, 9.17) is 9.47 Å². The molecule has 0 heterocycles. The van der Waals surface area contributed by atoms with Gasteiger partial charge in [-0.25, -0.2) is 0 Å². The molecule has 0 aliphatic heterocycles. The number of methoxy groups -OCH3 is 2. The van der Waals surface area contributed by atoms with Crippen LogP contribution in [-0.4, -0.2) is 30.3 Å². The number of hydrogen-bond donors (Lipinski definition) is 1. The summed E-state index contributed by atoms with van der Waals surface area (Å²) in [7, 11) is 3.25. The van der Waals surface area contributed by atoms with Crippen LogP contribution < -0.4 is 9.47 Å². The van der Waals surface area contributed by atoms with Gasteiger partial charge in [-0.2, -0.15) is 11.8 Å². The first-order chi connectivity index (χ1) is 8.66. The molecule has 18 heavy (non-hydrogen) atoms. The third kappa shape index (κ3) is 2.19. The lowest BCUT2D eigenvalue weighted by Crippen LogP contribution is -2.39. The van der Waals surface area contributed by atoms with Gasteiger partial charge < -0.3 is 14.6 Å². The van der Waals surface area contributed by atoms with Crippen LogP contribution in [-0.2, 0) is 0 Å². The van der Waals surface area contributed by atoms with Gasteiger partial charge in [-0.1, -0.05) is 6.42 Å². The van der Waals surface area contributed by atoms with Crippen molar-refractivity contribution in [3.05, 3.63) is 23.8 Å². The molecule has 0 spiro atoms. The van der Waals surface area contributed by atoms with Crippen molar-refractivity contribution in [3.8, 4) is 11.5 Å². The fraction of sp³-hybridized carbons (Fsp3) is 0.571. The average Bonchev–Trinajstić information content (AvgIpc) is 2.37. The Kier molecular flexibility index (Phi) is 4.07. The summed E-state index contributed by atoms with van der Waals surface area (Å²) in [6.45, 7) is 0. The first-order valence-electron chi connectivity index (χ1n) is 6.12. The number of hydrogen-bond acceptors (Lipinski definition) is 4. The molecule has 0 saturated heterocycles. The second-order valence-electron chi connectivity index (χ2n) is 4.63. The molecule has 3 nitrogen and oxygen atoms in total. The summed E-state index contributed by atoms with van der Waals surface area (Å²) >= 11 is 1.75. The normalized spacial score (nSPS) is 18.9. The van der Waals surface area contributed by atoms with Gasteiger partial charge in [-0.3, -0.25) is 0 Å². The maximum atomic E-state index is 10.6. The standard InChI is InChI=1S/C14H20O3S/c1-16-10-5-6-11(12(9-10)17-2)13(15)14(18-3)7-4-8-14/h5-6,9,13,15H,4,7-8H2,1-3H3. The van der Waals surface area contributed by atoms with Crippen molar-refractivity contribution in [1.29, 1.82) is 0 Å². The Morgan fingerprint density at radius 1 is 1.28 bits per heavy atom. The van der Waals surface area contributed by atoms with Crippen LogP contribution in [0.3, 0.4) is 0 Å². The number of thioether (sulfide) groups is 1. The SMILES string of the molecule is COc1ccc(C(O)C2(SC)CCC2)c(OC)c1. The molecule has 1 fully saturated rings. The number of rotatable bonds is 5. The minimum absolute atomic E-state index is 0.0398. The Hall–Kier alpha value is -0.870. The molecule has 0 bridgehead atoms. The van der Waals surface area contributed by atoms with E-state index in [0.717, 1.165) is 24.2 Å². The summed E-state index contributed by atoms with van der Waals surface area (Å²) in [6.07, 6.45) is 4.89. The fourth-order valence-electron chi connectivity index (χ4n) is 2.44. The van der Waals surface area contributed by atoms with Crippen LogP contribution >= 0.6 is 11.8 Å². The Bertz CT molecular complexity index is 410. The maximum Gasteiger partial charge on any atom is 0.128 e. The van der Waals surface area contributed by atoms with E-state index in [2.05, 4.69) is 6.26 Å². The van der Waals surface area contributed by atoms with E-state index in [1.54, 1.807) is 26.0 Å². The highest BCUT2D eigenvalue weighted by molar-refractivity contribution is 8.00. The van der Waals surface area contributed by atoms with E-state index >= 15 is 0 Å². The predicted molar refractivity (Wildman–Crippen MR) is 74.6 cm³/mol. The zero-order valence-corrected chi connectivity index (χ0v) is 11.9. The molecule has 0 amide bonds. The fourth-order valence-corrected chi connectivity index (χ4v) is 3.49. The summed E-state index contributed by atoms with van der Waals surface area (Å²) < 4.78 is 10.5. The van der Waals surface area contributed by atoms with Crippen molar-refractivity contribution in [2.24, 2.45) is 0 Å². The Morgan fingerprint density at radius 3 is 2.44 bits per heavy atom. The summed E-state index contributed by atoms with van der Waals surface area (Å²) in [5.74, 6) is 1.44. The van der Waals surface area contributed by atoms with Crippen LogP contribution in [0.2, 0.25) is 0 Å². The highest BCUT2D eigenvalue weighted by atomic mass is 32.2. The number of ether oxygens (including phenoxy) is 2. The Labute approximate surface area is 112 Å². The van der Waals surface area contributed by atoms with E-state index in [-0.39, 0.29) is 4.75 Å². The van der Waals surface area contributed by atoms with Gasteiger partial charge in [0.05, 0.1) is 20.3 Å². The summed E-state index contributed by atoms with van der Waals surface area (Å²) in [4.78, 5) is 0. The molecule has 1 aliphatic rings. The van der Waals surface area contributed by atoms with E-state index in [9.17, 15) is 5.11 Å².